The number of aromatic nitrogens is 4. The van der Waals surface area contributed by atoms with E-state index in [1.165, 1.54) is 18.4 Å². The van der Waals surface area contributed by atoms with Crippen molar-refractivity contribution < 1.29 is 4.74 Å². The second kappa shape index (κ2) is 10.3. The fourth-order valence-electron chi connectivity index (χ4n) is 4.51. The smallest absolute Gasteiger partial charge is 0.168 e. The van der Waals surface area contributed by atoms with Crippen molar-refractivity contribution in [3.63, 3.8) is 0 Å². The van der Waals surface area contributed by atoms with Crippen molar-refractivity contribution >= 4 is 0 Å². The second-order valence-corrected chi connectivity index (χ2v) is 8.31. The van der Waals surface area contributed by atoms with Gasteiger partial charge in [0.1, 0.15) is 0 Å². The summed E-state index contributed by atoms with van der Waals surface area (Å²) in [6.45, 7) is 9.23. The first-order valence-corrected chi connectivity index (χ1v) is 11.2. The monoisotopic (exact) mass is 398 g/mol. The van der Waals surface area contributed by atoms with Gasteiger partial charge in [0.05, 0.1) is 18.7 Å². The van der Waals surface area contributed by atoms with E-state index >= 15 is 0 Å². The van der Waals surface area contributed by atoms with E-state index in [4.69, 9.17) is 4.74 Å². The molecule has 2 aliphatic heterocycles. The predicted octanol–water partition coefficient (Wildman–Crippen LogP) is 2.90. The van der Waals surface area contributed by atoms with Crippen molar-refractivity contribution in [2.24, 2.45) is 0 Å². The maximum atomic E-state index is 5.82. The predicted molar refractivity (Wildman–Crippen MR) is 112 cm³/mol. The summed E-state index contributed by atoms with van der Waals surface area (Å²) in [6.07, 6.45) is 6.01. The van der Waals surface area contributed by atoms with Crippen LogP contribution in [0.2, 0.25) is 0 Å². The first-order valence-electron chi connectivity index (χ1n) is 11.2. The van der Waals surface area contributed by atoms with Crippen LogP contribution in [0.25, 0.3) is 0 Å². The third-order valence-electron chi connectivity index (χ3n) is 6.19. The van der Waals surface area contributed by atoms with Crippen LogP contribution in [-0.4, -0.2) is 68.9 Å². The zero-order valence-corrected chi connectivity index (χ0v) is 17.6. The van der Waals surface area contributed by atoms with Gasteiger partial charge >= 0.3 is 0 Å². The lowest BCUT2D eigenvalue weighted by Gasteiger charge is -2.39. The molecule has 4 rings (SSSR count). The van der Waals surface area contributed by atoms with Gasteiger partial charge in [0, 0.05) is 39.3 Å². The van der Waals surface area contributed by atoms with Crippen LogP contribution in [-0.2, 0) is 17.8 Å². The van der Waals surface area contributed by atoms with E-state index in [0.717, 1.165) is 71.0 Å². The molecule has 1 aromatic heterocycles. The largest absolute Gasteiger partial charge is 0.376 e. The molecule has 7 nitrogen and oxygen atoms in total. The molecule has 0 aliphatic carbocycles. The number of benzene rings is 1. The van der Waals surface area contributed by atoms with E-state index in [-0.39, 0.29) is 6.10 Å². The molecule has 0 N–H and O–H groups in total. The van der Waals surface area contributed by atoms with Crippen LogP contribution in [0.5, 0.6) is 0 Å². The third-order valence-corrected chi connectivity index (χ3v) is 6.19. The van der Waals surface area contributed by atoms with Crippen LogP contribution >= 0.6 is 0 Å². The summed E-state index contributed by atoms with van der Waals surface area (Å²) >= 11 is 0. The highest BCUT2D eigenvalue weighted by atomic mass is 16.5. The molecule has 0 spiro atoms. The molecule has 1 aromatic carbocycles. The summed E-state index contributed by atoms with van der Waals surface area (Å²) < 4.78 is 7.83. The SMILES string of the molecule is CCCC[C@@H](c1nnnn1C[C@H]1CCCO1)N1CCN(Cc2ccccc2)CC1. The van der Waals surface area contributed by atoms with Gasteiger partial charge in [-0.3, -0.25) is 9.80 Å². The van der Waals surface area contributed by atoms with E-state index in [2.05, 4.69) is 62.6 Å². The van der Waals surface area contributed by atoms with Gasteiger partial charge in [0.2, 0.25) is 0 Å². The van der Waals surface area contributed by atoms with Crippen LogP contribution in [0.4, 0.5) is 0 Å². The highest BCUT2D eigenvalue weighted by molar-refractivity contribution is 5.14. The Morgan fingerprint density at radius 3 is 2.69 bits per heavy atom. The maximum absolute atomic E-state index is 5.82. The Labute approximate surface area is 174 Å². The van der Waals surface area contributed by atoms with Crippen LogP contribution in [0.15, 0.2) is 30.3 Å². The molecule has 2 saturated heterocycles. The molecule has 2 atom stereocenters. The molecule has 2 aromatic rings. The van der Waals surface area contributed by atoms with E-state index in [1.54, 1.807) is 0 Å². The van der Waals surface area contributed by atoms with Gasteiger partial charge in [0.15, 0.2) is 5.82 Å². The van der Waals surface area contributed by atoms with Crippen molar-refractivity contribution in [1.29, 1.82) is 0 Å². The lowest BCUT2D eigenvalue weighted by Crippen LogP contribution is -2.47. The van der Waals surface area contributed by atoms with Crippen LogP contribution < -0.4 is 0 Å². The highest BCUT2D eigenvalue weighted by Crippen LogP contribution is 2.27. The molecule has 29 heavy (non-hydrogen) atoms. The van der Waals surface area contributed by atoms with Crippen LogP contribution in [0.3, 0.4) is 0 Å². The van der Waals surface area contributed by atoms with E-state index < -0.39 is 0 Å². The molecule has 158 valence electrons. The Hall–Kier alpha value is -1.83. The summed E-state index contributed by atoms with van der Waals surface area (Å²) in [4.78, 5) is 5.15. The fourth-order valence-corrected chi connectivity index (χ4v) is 4.51. The van der Waals surface area contributed by atoms with Gasteiger partial charge in [-0.25, -0.2) is 4.68 Å². The molecule has 3 heterocycles. The molecular weight excluding hydrogens is 364 g/mol. The first-order chi connectivity index (χ1) is 14.3. The van der Waals surface area contributed by atoms with Crippen molar-refractivity contribution in [3.8, 4) is 0 Å². The van der Waals surface area contributed by atoms with Gasteiger partial charge in [-0.15, -0.1) is 5.10 Å². The van der Waals surface area contributed by atoms with Crippen molar-refractivity contribution in [1.82, 2.24) is 30.0 Å². The van der Waals surface area contributed by atoms with Gasteiger partial charge in [-0.05, 0) is 35.3 Å². The van der Waals surface area contributed by atoms with E-state index in [1.807, 2.05) is 4.68 Å². The van der Waals surface area contributed by atoms with Crippen molar-refractivity contribution in [3.05, 3.63) is 41.7 Å². The topological polar surface area (TPSA) is 59.3 Å². The zero-order chi connectivity index (χ0) is 19.9. The Balaban J connectivity index is 1.39. The Bertz CT molecular complexity index is 722. The Morgan fingerprint density at radius 2 is 1.97 bits per heavy atom. The number of tetrazole rings is 1. The molecule has 0 saturated carbocycles. The van der Waals surface area contributed by atoms with Gasteiger partial charge < -0.3 is 4.74 Å². The fraction of sp³-hybridized carbons (Fsp3) is 0.682. The molecule has 0 bridgehead atoms. The average molecular weight is 399 g/mol. The molecular formula is C22H34N6O. The minimum atomic E-state index is 0.256. The number of rotatable bonds is 9. The number of hydrogen-bond donors (Lipinski definition) is 0. The highest BCUT2D eigenvalue weighted by Gasteiger charge is 2.30. The number of piperazine rings is 1. The average Bonchev–Trinajstić information content (AvgIpc) is 3.43. The van der Waals surface area contributed by atoms with Gasteiger partial charge in [-0.1, -0.05) is 50.1 Å². The lowest BCUT2D eigenvalue weighted by molar-refractivity contribution is 0.0730. The minimum Gasteiger partial charge on any atom is -0.376 e. The van der Waals surface area contributed by atoms with E-state index in [0.29, 0.717) is 6.04 Å². The number of hydrogen-bond acceptors (Lipinski definition) is 6. The standard InChI is InChI=1S/C22H34N6O/c1-2-3-11-21(22-23-24-25-28(22)18-20-10-7-16-29-20)27-14-12-26(13-15-27)17-19-8-5-4-6-9-19/h4-6,8-9,20-21H,2-3,7,10-18H2,1H3/t20-,21+/m1/s1. The second-order valence-electron chi connectivity index (χ2n) is 8.31. The summed E-state index contributed by atoms with van der Waals surface area (Å²) in [7, 11) is 0. The number of ether oxygens (including phenoxy) is 1. The quantitative estimate of drug-likeness (QED) is 0.647. The lowest BCUT2D eigenvalue weighted by atomic mass is 10.1. The Morgan fingerprint density at radius 1 is 1.14 bits per heavy atom. The normalized spacial score (nSPS) is 22.2. The molecule has 2 fully saturated rings. The zero-order valence-electron chi connectivity index (χ0n) is 17.6. The Kier molecular flexibility index (Phi) is 7.24. The first kappa shape index (κ1) is 20.4. The van der Waals surface area contributed by atoms with Gasteiger partial charge in [0.25, 0.3) is 0 Å². The molecule has 7 heteroatoms. The minimum absolute atomic E-state index is 0.256. The molecule has 0 amide bonds. The van der Waals surface area contributed by atoms with Crippen LogP contribution in [0, 0.1) is 0 Å². The van der Waals surface area contributed by atoms with Gasteiger partial charge in [-0.2, -0.15) is 0 Å². The third kappa shape index (κ3) is 5.41. The summed E-state index contributed by atoms with van der Waals surface area (Å²) in [5, 5.41) is 12.8. The summed E-state index contributed by atoms with van der Waals surface area (Å²) in [5.41, 5.74) is 1.39. The van der Waals surface area contributed by atoms with Crippen molar-refractivity contribution in [2.75, 3.05) is 32.8 Å². The van der Waals surface area contributed by atoms with Crippen LogP contribution in [0.1, 0.15) is 56.5 Å². The summed E-state index contributed by atoms with van der Waals surface area (Å²) in [5.74, 6) is 1.02. The molecule has 0 radical (unpaired) electrons. The molecule has 2 aliphatic rings. The molecule has 0 unspecified atom stereocenters. The number of unbranched alkanes of at least 4 members (excludes halogenated alkanes) is 1. The van der Waals surface area contributed by atoms with Crippen molar-refractivity contribution in [2.45, 2.75) is 64.3 Å². The maximum Gasteiger partial charge on any atom is 0.168 e. The number of nitrogens with zero attached hydrogens (tertiary/aromatic N) is 6. The summed E-state index contributed by atoms with van der Waals surface area (Å²) in [6, 6.07) is 11.1. The van der Waals surface area contributed by atoms with E-state index in [9.17, 15) is 0 Å².